The molecule has 0 radical (unpaired) electrons. The van der Waals surface area contributed by atoms with Crippen LogP contribution in [0.3, 0.4) is 0 Å². The summed E-state index contributed by atoms with van der Waals surface area (Å²) < 4.78 is 10.7. The van der Waals surface area contributed by atoms with Gasteiger partial charge in [0.2, 0.25) is 6.79 Å². The zero-order valence-electron chi connectivity index (χ0n) is 6.40. The average molecular weight is 231 g/mol. The summed E-state index contributed by atoms with van der Waals surface area (Å²) in [6, 6.07) is 0. The van der Waals surface area contributed by atoms with Gasteiger partial charge in [-0.15, -0.1) is 0 Å². The topological polar surface area (TPSA) is 30.5 Å². The zero-order valence-corrected chi connectivity index (χ0v) is 8.85. The van der Waals surface area contributed by atoms with Crippen molar-refractivity contribution < 1.29 is 9.47 Å². The fourth-order valence-corrected chi connectivity index (χ4v) is 2.34. The minimum absolute atomic E-state index is 0.272. The smallest absolute Gasteiger partial charge is 0.230 e. The fourth-order valence-electron chi connectivity index (χ4n) is 0.878. The van der Waals surface area contributed by atoms with Crippen LogP contribution in [0, 0.1) is 0 Å². The van der Waals surface area contributed by atoms with Crippen molar-refractivity contribution in [3.8, 4) is 0 Å². The van der Waals surface area contributed by atoms with E-state index in [1.807, 2.05) is 6.08 Å². The van der Waals surface area contributed by atoms with E-state index in [9.17, 15) is 0 Å². The maximum Gasteiger partial charge on any atom is 0.230 e. The summed E-state index contributed by atoms with van der Waals surface area (Å²) in [4.78, 5) is 1.54. The lowest BCUT2D eigenvalue weighted by molar-refractivity contribution is 0.0844. The first-order valence-corrected chi connectivity index (χ1v) is 5.08. The number of rotatable bonds is 1. The van der Waals surface area contributed by atoms with Gasteiger partial charge in [0.1, 0.15) is 15.6 Å². The molecule has 0 aromatic heterocycles. The molecule has 0 atom stereocenters. The Morgan fingerprint density at radius 3 is 2.92 bits per heavy atom. The van der Waals surface area contributed by atoms with Gasteiger partial charge in [0.05, 0.1) is 4.91 Å². The number of hydrogen-bond acceptors (Lipinski definition) is 5. The van der Waals surface area contributed by atoms with Crippen LogP contribution >= 0.6 is 36.2 Å². The summed E-state index contributed by atoms with van der Waals surface area (Å²) in [6.45, 7) is 0.272. The lowest BCUT2D eigenvalue weighted by atomic mass is 10.4. The fraction of sp³-hybridized carbons (Fsp3) is 0.143. The van der Waals surface area contributed by atoms with Crippen LogP contribution in [-0.2, 0) is 9.47 Å². The van der Waals surface area contributed by atoms with E-state index in [2.05, 4.69) is 5.32 Å². The van der Waals surface area contributed by atoms with Gasteiger partial charge in [-0.1, -0.05) is 36.2 Å². The second kappa shape index (κ2) is 3.65. The van der Waals surface area contributed by atoms with Gasteiger partial charge in [0, 0.05) is 6.08 Å². The standard InChI is InChI=1S/C7H5NO2S3/c11-6-5(13-7(12)8-6)1-4-2-9-3-10-4/h1-2H,3H2,(H,8,11,12). The lowest BCUT2D eigenvalue weighted by Gasteiger charge is -1.95. The van der Waals surface area contributed by atoms with E-state index in [1.165, 1.54) is 11.8 Å². The third-order valence-electron chi connectivity index (χ3n) is 1.41. The molecule has 0 amide bonds. The molecule has 3 nitrogen and oxygen atoms in total. The first-order valence-electron chi connectivity index (χ1n) is 3.45. The van der Waals surface area contributed by atoms with Gasteiger partial charge < -0.3 is 14.8 Å². The Labute approximate surface area is 90.2 Å². The van der Waals surface area contributed by atoms with Crippen molar-refractivity contribution >= 4 is 45.5 Å². The van der Waals surface area contributed by atoms with E-state index in [4.69, 9.17) is 33.9 Å². The molecule has 0 aliphatic carbocycles. The molecule has 1 N–H and O–H groups in total. The van der Waals surface area contributed by atoms with E-state index in [1.54, 1.807) is 6.26 Å². The molecule has 0 bridgehead atoms. The van der Waals surface area contributed by atoms with E-state index < -0.39 is 0 Å². The molecule has 0 unspecified atom stereocenters. The number of nitrogens with one attached hydrogen (secondary N) is 1. The largest absolute Gasteiger partial charge is 0.461 e. The Kier molecular flexibility index (Phi) is 2.52. The molecule has 0 aromatic carbocycles. The molecule has 0 aromatic rings. The van der Waals surface area contributed by atoms with Crippen molar-refractivity contribution in [2.24, 2.45) is 0 Å². The van der Waals surface area contributed by atoms with Crippen molar-refractivity contribution in [1.82, 2.24) is 5.32 Å². The van der Waals surface area contributed by atoms with Crippen molar-refractivity contribution in [3.05, 3.63) is 23.0 Å². The molecular formula is C7H5NO2S3. The van der Waals surface area contributed by atoms with E-state index in [-0.39, 0.29) is 6.79 Å². The van der Waals surface area contributed by atoms with Gasteiger partial charge in [-0.05, 0) is 0 Å². The minimum Gasteiger partial charge on any atom is -0.461 e. The van der Waals surface area contributed by atoms with Crippen molar-refractivity contribution in [3.63, 3.8) is 0 Å². The SMILES string of the molecule is S=C1NC(=S)C(=CC2=COCO2)S1. The second-order valence-corrected chi connectivity index (χ2v) is 4.43. The van der Waals surface area contributed by atoms with Crippen molar-refractivity contribution in [1.29, 1.82) is 0 Å². The Morgan fingerprint density at radius 2 is 2.38 bits per heavy atom. The lowest BCUT2D eigenvalue weighted by Crippen LogP contribution is -2.15. The Morgan fingerprint density at radius 1 is 1.54 bits per heavy atom. The molecule has 1 saturated heterocycles. The highest BCUT2D eigenvalue weighted by atomic mass is 32.2. The minimum atomic E-state index is 0.272. The first kappa shape index (κ1) is 8.98. The van der Waals surface area contributed by atoms with Crippen LogP contribution in [0.2, 0.25) is 0 Å². The molecule has 2 aliphatic heterocycles. The Bertz CT molecular complexity index is 335. The molecular weight excluding hydrogens is 226 g/mol. The van der Waals surface area contributed by atoms with Crippen LogP contribution in [-0.4, -0.2) is 16.1 Å². The zero-order chi connectivity index (χ0) is 9.26. The van der Waals surface area contributed by atoms with E-state index in [0.717, 1.165) is 4.91 Å². The summed E-state index contributed by atoms with van der Waals surface area (Å²) >= 11 is 11.4. The van der Waals surface area contributed by atoms with Crippen LogP contribution < -0.4 is 5.32 Å². The predicted molar refractivity (Wildman–Crippen MR) is 59.1 cm³/mol. The molecule has 2 aliphatic rings. The molecule has 68 valence electrons. The van der Waals surface area contributed by atoms with Crippen LogP contribution in [0.5, 0.6) is 0 Å². The maximum absolute atomic E-state index is 5.12. The summed E-state index contributed by atoms with van der Waals surface area (Å²) in [5, 5.41) is 2.87. The Hall–Kier alpha value is -0.590. The van der Waals surface area contributed by atoms with Crippen LogP contribution in [0.15, 0.2) is 23.0 Å². The Balaban J connectivity index is 2.15. The molecule has 13 heavy (non-hydrogen) atoms. The van der Waals surface area contributed by atoms with Gasteiger partial charge in [-0.3, -0.25) is 0 Å². The highest BCUT2D eigenvalue weighted by Crippen LogP contribution is 2.26. The molecule has 0 spiro atoms. The van der Waals surface area contributed by atoms with Gasteiger partial charge in [0.15, 0.2) is 5.76 Å². The third-order valence-corrected chi connectivity index (χ3v) is 3.04. The average Bonchev–Trinajstić information content (AvgIpc) is 2.63. The summed E-state index contributed by atoms with van der Waals surface area (Å²) in [5.41, 5.74) is 0. The summed E-state index contributed by atoms with van der Waals surface area (Å²) in [6.07, 6.45) is 3.36. The maximum atomic E-state index is 5.12. The predicted octanol–water partition coefficient (Wildman–Crippen LogP) is 1.66. The quantitative estimate of drug-likeness (QED) is 0.545. The molecule has 2 rings (SSSR count). The monoisotopic (exact) mass is 231 g/mol. The number of ether oxygens (including phenoxy) is 2. The third kappa shape index (κ3) is 2.01. The number of hydrogen-bond donors (Lipinski definition) is 1. The molecule has 1 fully saturated rings. The van der Waals surface area contributed by atoms with E-state index in [0.29, 0.717) is 15.1 Å². The number of allylic oxidation sites excluding steroid dienone is 1. The van der Waals surface area contributed by atoms with Crippen LogP contribution in [0.1, 0.15) is 0 Å². The van der Waals surface area contributed by atoms with Crippen LogP contribution in [0.4, 0.5) is 0 Å². The first-order chi connectivity index (χ1) is 6.25. The number of thiocarbonyl (C=S) groups is 2. The molecule has 6 heteroatoms. The second-order valence-electron chi connectivity index (χ2n) is 2.30. The molecule has 0 saturated carbocycles. The highest BCUT2D eigenvalue weighted by Gasteiger charge is 2.19. The number of thioether (sulfide) groups is 1. The van der Waals surface area contributed by atoms with Gasteiger partial charge in [-0.25, -0.2) is 0 Å². The van der Waals surface area contributed by atoms with Gasteiger partial charge in [0.25, 0.3) is 0 Å². The van der Waals surface area contributed by atoms with Gasteiger partial charge in [-0.2, -0.15) is 0 Å². The van der Waals surface area contributed by atoms with E-state index >= 15 is 0 Å². The summed E-state index contributed by atoms with van der Waals surface area (Å²) in [7, 11) is 0. The van der Waals surface area contributed by atoms with Gasteiger partial charge >= 0.3 is 0 Å². The highest BCUT2D eigenvalue weighted by molar-refractivity contribution is 8.27. The summed E-state index contributed by atoms with van der Waals surface area (Å²) in [5.74, 6) is 0.677. The normalized spacial score (nSPS) is 24.0. The van der Waals surface area contributed by atoms with Crippen molar-refractivity contribution in [2.45, 2.75) is 0 Å². The van der Waals surface area contributed by atoms with Crippen molar-refractivity contribution in [2.75, 3.05) is 6.79 Å². The van der Waals surface area contributed by atoms with Crippen LogP contribution in [0.25, 0.3) is 0 Å². The molecule has 2 heterocycles.